The summed E-state index contributed by atoms with van der Waals surface area (Å²) in [5, 5.41) is 3.39. The van der Waals surface area contributed by atoms with Crippen LogP contribution in [0.2, 0.25) is 0 Å². The van der Waals surface area contributed by atoms with Crippen LogP contribution < -0.4 is 5.32 Å². The summed E-state index contributed by atoms with van der Waals surface area (Å²) in [5.41, 5.74) is 1.27. The molecular weight excluding hydrogens is 134 g/mol. The van der Waals surface area contributed by atoms with Crippen LogP contribution >= 0.6 is 0 Å². The van der Waals surface area contributed by atoms with E-state index in [9.17, 15) is 0 Å². The Morgan fingerprint density at radius 1 is 1.36 bits per heavy atom. The van der Waals surface area contributed by atoms with Crippen molar-refractivity contribution in [2.45, 2.75) is 33.6 Å². The molecule has 0 aromatic carbocycles. The lowest BCUT2D eigenvalue weighted by Crippen LogP contribution is -2.18. The van der Waals surface area contributed by atoms with Crippen molar-refractivity contribution in [1.82, 2.24) is 5.32 Å². The van der Waals surface area contributed by atoms with Gasteiger partial charge >= 0.3 is 0 Å². The van der Waals surface area contributed by atoms with Crippen LogP contribution in [-0.4, -0.2) is 13.1 Å². The summed E-state index contributed by atoms with van der Waals surface area (Å²) in [5.74, 6) is 0.812. The van der Waals surface area contributed by atoms with Crippen LogP contribution in [0.3, 0.4) is 0 Å². The Bertz CT molecular complexity index is 105. The predicted molar refractivity (Wildman–Crippen MR) is 51.8 cm³/mol. The minimum absolute atomic E-state index is 0.812. The number of hydrogen-bond acceptors (Lipinski definition) is 1. The molecule has 0 fully saturated rings. The van der Waals surface area contributed by atoms with Crippen molar-refractivity contribution >= 4 is 0 Å². The third-order valence-electron chi connectivity index (χ3n) is 1.63. The molecule has 1 nitrogen and oxygen atoms in total. The SMILES string of the molecule is C=C(C)CCNCCC(C)C. The highest BCUT2D eigenvalue weighted by Crippen LogP contribution is 1.97. The van der Waals surface area contributed by atoms with Gasteiger partial charge in [0.15, 0.2) is 0 Å². The zero-order valence-electron chi connectivity index (χ0n) is 8.11. The summed E-state index contributed by atoms with van der Waals surface area (Å²) in [6, 6.07) is 0. The van der Waals surface area contributed by atoms with Crippen molar-refractivity contribution in [3.05, 3.63) is 12.2 Å². The zero-order chi connectivity index (χ0) is 8.69. The molecule has 0 atom stereocenters. The van der Waals surface area contributed by atoms with Crippen molar-refractivity contribution < 1.29 is 0 Å². The van der Waals surface area contributed by atoms with Crippen molar-refractivity contribution in [1.29, 1.82) is 0 Å². The minimum Gasteiger partial charge on any atom is -0.316 e. The van der Waals surface area contributed by atoms with E-state index in [2.05, 4.69) is 32.7 Å². The lowest BCUT2D eigenvalue weighted by atomic mass is 10.1. The van der Waals surface area contributed by atoms with Gasteiger partial charge in [0.05, 0.1) is 0 Å². The Morgan fingerprint density at radius 3 is 2.45 bits per heavy atom. The molecule has 0 saturated carbocycles. The summed E-state index contributed by atoms with van der Waals surface area (Å²) in [6.45, 7) is 12.7. The smallest absolute Gasteiger partial charge is 0.00118 e. The third kappa shape index (κ3) is 9.70. The highest BCUT2D eigenvalue weighted by Gasteiger charge is 1.92. The van der Waals surface area contributed by atoms with Gasteiger partial charge in [-0.1, -0.05) is 19.4 Å². The first-order chi connectivity index (χ1) is 5.13. The van der Waals surface area contributed by atoms with E-state index in [0.29, 0.717) is 0 Å². The van der Waals surface area contributed by atoms with Crippen LogP contribution in [0.25, 0.3) is 0 Å². The second kappa shape index (κ2) is 6.41. The van der Waals surface area contributed by atoms with Gasteiger partial charge in [0.1, 0.15) is 0 Å². The van der Waals surface area contributed by atoms with Crippen LogP contribution in [-0.2, 0) is 0 Å². The lowest BCUT2D eigenvalue weighted by Gasteiger charge is -2.06. The van der Waals surface area contributed by atoms with Crippen molar-refractivity contribution in [3.8, 4) is 0 Å². The highest BCUT2D eigenvalue weighted by atomic mass is 14.8. The average molecular weight is 155 g/mol. The van der Waals surface area contributed by atoms with E-state index < -0.39 is 0 Å². The molecule has 0 rings (SSSR count). The molecule has 1 N–H and O–H groups in total. The average Bonchev–Trinajstić information content (AvgIpc) is 1.85. The Kier molecular flexibility index (Phi) is 6.24. The number of hydrogen-bond donors (Lipinski definition) is 1. The molecule has 66 valence electrons. The van der Waals surface area contributed by atoms with Crippen molar-refractivity contribution in [2.75, 3.05) is 13.1 Å². The maximum atomic E-state index is 3.85. The quantitative estimate of drug-likeness (QED) is 0.459. The van der Waals surface area contributed by atoms with Gasteiger partial charge in [-0.05, 0) is 38.8 Å². The largest absolute Gasteiger partial charge is 0.316 e. The van der Waals surface area contributed by atoms with Crippen LogP contribution in [0.1, 0.15) is 33.6 Å². The fourth-order valence-corrected chi connectivity index (χ4v) is 0.818. The zero-order valence-corrected chi connectivity index (χ0v) is 8.11. The second-order valence-corrected chi connectivity index (χ2v) is 3.64. The molecule has 0 aromatic heterocycles. The van der Waals surface area contributed by atoms with Gasteiger partial charge in [0, 0.05) is 0 Å². The monoisotopic (exact) mass is 155 g/mol. The Morgan fingerprint density at radius 2 is 2.00 bits per heavy atom. The normalized spacial score (nSPS) is 10.5. The third-order valence-corrected chi connectivity index (χ3v) is 1.63. The highest BCUT2D eigenvalue weighted by molar-refractivity contribution is 4.87. The summed E-state index contributed by atoms with van der Waals surface area (Å²) in [6.07, 6.45) is 2.38. The van der Waals surface area contributed by atoms with E-state index in [-0.39, 0.29) is 0 Å². The summed E-state index contributed by atoms with van der Waals surface area (Å²) in [4.78, 5) is 0. The maximum Gasteiger partial charge on any atom is -0.00118 e. The van der Waals surface area contributed by atoms with Gasteiger partial charge < -0.3 is 5.32 Å². The maximum absolute atomic E-state index is 3.85. The first-order valence-electron chi connectivity index (χ1n) is 4.48. The van der Waals surface area contributed by atoms with Crippen LogP contribution in [0.4, 0.5) is 0 Å². The molecule has 0 aliphatic carbocycles. The Labute approximate surface area is 70.9 Å². The summed E-state index contributed by atoms with van der Waals surface area (Å²) < 4.78 is 0. The molecule has 0 heterocycles. The molecular formula is C10H21N. The van der Waals surface area contributed by atoms with Crippen LogP contribution in [0.15, 0.2) is 12.2 Å². The molecule has 0 aromatic rings. The molecule has 11 heavy (non-hydrogen) atoms. The lowest BCUT2D eigenvalue weighted by molar-refractivity contribution is 0.539. The number of rotatable bonds is 6. The number of nitrogens with one attached hydrogen (secondary N) is 1. The van der Waals surface area contributed by atoms with Gasteiger partial charge in [0.2, 0.25) is 0 Å². The molecule has 0 aliphatic heterocycles. The first kappa shape index (κ1) is 10.7. The molecule has 1 heteroatoms. The fourth-order valence-electron chi connectivity index (χ4n) is 0.818. The molecule has 0 saturated heterocycles. The fraction of sp³-hybridized carbons (Fsp3) is 0.800. The summed E-state index contributed by atoms with van der Waals surface area (Å²) in [7, 11) is 0. The van der Waals surface area contributed by atoms with Gasteiger partial charge in [-0.25, -0.2) is 0 Å². The van der Waals surface area contributed by atoms with E-state index in [4.69, 9.17) is 0 Å². The van der Waals surface area contributed by atoms with E-state index in [0.717, 1.165) is 25.4 Å². The molecule has 0 spiro atoms. The van der Waals surface area contributed by atoms with Gasteiger partial charge in [0.25, 0.3) is 0 Å². The van der Waals surface area contributed by atoms with E-state index >= 15 is 0 Å². The van der Waals surface area contributed by atoms with Crippen molar-refractivity contribution in [2.24, 2.45) is 5.92 Å². The van der Waals surface area contributed by atoms with E-state index in [1.165, 1.54) is 12.0 Å². The predicted octanol–water partition coefficient (Wildman–Crippen LogP) is 2.59. The van der Waals surface area contributed by atoms with Gasteiger partial charge in [-0.3, -0.25) is 0 Å². The molecule has 0 aliphatic rings. The van der Waals surface area contributed by atoms with Gasteiger partial charge in [-0.2, -0.15) is 0 Å². The Hall–Kier alpha value is -0.300. The van der Waals surface area contributed by atoms with Crippen molar-refractivity contribution in [3.63, 3.8) is 0 Å². The first-order valence-corrected chi connectivity index (χ1v) is 4.48. The Balaban J connectivity index is 2.97. The van der Waals surface area contributed by atoms with E-state index in [1.807, 2.05) is 0 Å². The standard InChI is InChI=1S/C10H21N/c1-9(2)5-7-11-8-6-10(3)4/h10-11H,1,5-8H2,2-4H3. The van der Waals surface area contributed by atoms with Crippen LogP contribution in [0.5, 0.6) is 0 Å². The molecule has 0 amide bonds. The van der Waals surface area contributed by atoms with E-state index in [1.54, 1.807) is 0 Å². The summed E-state index contributed by atoms with van der Waals surface area (Å²) >= 11 is 0. The molecule has 0 unspecified atom stereocenters. The molecule has 0 radical (unpaired) electrons. The topological polar surface area (TPSA) is 12.0 Å². The minimum atomic E-state index is 0.812. The second-order valence-electron chi connectivity index (χ2n) is 3.64. The van der Waals surface area contributed by atoms with Crippen LogP contribution in [0, 0.1) is 5.92 Å². The van der Waals surface area contributed by atoms with Gasteiger partial charge in [-0.15, -0.1) is 6.58 Å². The molecule has 0 bridgehead atoms.